The van der Waals surface area contributed by atoms with E-state index >= 15 is 0 Å². The molecule has 2 aliphatic heterocycles. The third kappa shape index (κ3) is 1.94. The van der Waals surface area contributed by atoms with Crippen LogP contribution in [0.3, 0.4) is 0 Å². The van der Waals surface area contributed by atoms with Crippen molar-refractivity contribution in [1.82, 2.24) is 15.1 Å². The third-order valence-electron chi connectivity index (χ3n) is 3.28. The summed E-state index contributed by atoms with van der Waals surface area (Å²) in [5.41, 5.74) is 1.54. The van der Waals surface area contributed by atoms with Gasteiger partial charge in [-0.05, 0) is 0 Å². The Morgan fingerprint density at radius 1 is 1.50 bits per heavy atom. The number of nitrogens with zero attached hydrogens (tertiary/aromatic N) is 2. The van der Waals surface area contributed by atoms with Crippen molar-refractivity contribution >= 4 is 23.4 Å². The first-order chi connectivity index (χ1) is 9.56. The molecule has 0 aliphatic carbocycles. The molecule has 20 heavy (non-hydrogen) atoms. The predicted molar refractivity (Wildman–Crippen MR) is 66.2 cm³/mol. The van der Waals surface area contributed by atoms with Gasteiger partial charge in [-0.15, -0.1) is 0 Å². The van der Waals surface area contributed by atoms with Crippen molar-refractivity contribution in [3.05, 3.63) is 23.6 Å². The second kappa shape index (κ2) is 4.48. The van der Waals surface area contributed by atoms with Gasteiger partial charge in [-0.25, -0.2) is 0 Å². The number of H-pyrrole nitrogens is 1. The van der Waals surface area contributed by atoms with Crippen LogP contribution in [0.25, 0.3) is 0 Å². The SMILES string of the molecule is CC(=O)N1Cc2[nH]nc(NC(=O)C3OC=CC3=O)c2C1. The maximum absolute atomic E-state index is 11.9. The Hall–Kier alpha value is -2.64. The second-order valence-electron chi connectivity index (χ2n) is 4.61. The first-order valence-corrected chi connectivity index (χ1v) is 6.04. The van der Waals surface area contributed by atoms with Crippen LogP contribution in [-0.2, 0) is 32.2 Å². The zero-order chi connectivity index (χ0) is 14.3. The van der Waals surface area contributed by atoms with Crippen molar-refractivity contribution in [2.24, 2.45) is 0 Å². The summed E-state index contributed by atoms with van der Waals surface area (Å²) >= 11 is 0. The number of amides is 2. The summed E-state index contributed by atoms with van der Waals surface area (Å²) in [5, 5.41) is 9.31. The minimum atomic E-state index is -1.16. The van der Waals surface area contributed by atoms with Gasteiger partial charge in [-0.1, -0.05) is 0 Å². The van der Waals surface area contributed by atoms with Gasteiger partial charge >= 0.3 is 0 Å². The van der Waals surface area contributed by atoms with Gasteiger partial charge in [0.25, 0.3) is 5.91 Å². The molecular weight excluding hydrogens is 264 g/mol. The lowest BCUT2D eigenvalue weighted by Gasteiger charge is -2.13. The molecule has 1 unspecified atom stereocenters. The van der Waals surface area contributed by atoms with Crippen LogP contribution in [0, 0.1) is 0 Å². The molecule has 8 heteroatoms. The molecule has 1 aromatic heterocycles. The topological polar surface area (TPSA) is 104 Å². The average molecular weight is 276 g/mol. The number of hydrogen-bond donors (Lipinski definition) is 2. The van der Waals surface area contributed by atoms with Crippen LogP contribution >= 0.6 is 0 Å². The molecule has 0 saturated heterocycles. The maximum Gasteiger partial charge on any atom is 0.274 e. The summed E-state index contributed by atoms with van der Waals surface area (Å²) in [6.07, 6.45) is 1.24. The van der Waals surface area contributed by atoms with E-state index in [2.05, 4.69) is 15.5 Å². The number of hydrogen-bond acceptors (Lipinski definition) is 5. The van der Waals surface area contributed by atoms with Crippen LogP contribution in [-0.4, -0.2) is 38.8 Å². The Balaban J connectivity index is 1.73. The lowest BCUT2D eigenvalue weighted by Crippen LogP contribution is -2.33. The summed E-state index contributed by atoms with van der Waals surface area (Å²) in [6, 6.07) is 0. The molecule has 0 spiro atoms. The molecular formula is C12H12N4O4. The molecule has 1 aromatic rings. The Labute approximate surface area is 113 Å². The first-order valence-electron chi connectivity index (χ1n) is 6.04. The van der Waals surface area contributed by atoms with E-state index in [1.54, 1.807) is 4.90 Å². The smallest absolute Gasteiger partial charge is 0.274 e. The minimum absolute atomic E-state index is 0.0506. The minimum Gasteiger partial charge on any atom is -0.480 e. The molecule has 2 amide bonds. The zero-order valence-corrected chi connectivity index (χ0v) is 10.7. The van der Waals surface area contributed by atoms with Crippen molar-refractivity contribution in [3.8, 4) is 0 Å². The molecule has 3 rings (SSSR count). The van der Waals surface area contributed by atoms with Crippen molar-refractivity contribution in [3.63, 3.8) is 0 Å². The van der Waals surface area contributed by atoms with Crippen molar-refractivity contribution < 1.29 is 19.1 Å². The van der Waals surface area contributed by atoms with E-state index in [1.807, 2.05) is 0 Å². The number of rotatable bonds is 2. The van der Waals surface area contributed by atoms with E-state index in [0.29, 0.717) is 18.9 Å². The summed E-state index contributed by atoms with van der Waals surface area (Å²) in [5.74, 6) is -0.696. The van der Waals surface area contributed by atoms with Crippen molar-refractivity contribution in [2.75, 3.05) is 5.32 Å². The van der Waals surface area contributed by atoms with Crippen LogP contribution in [0.4, 0.5) is 5.82 Å². The normalized spacial score (nSPS) is 19.9. The highest BCUT2D eigenvalue weighted by Gasteiger charge is 2.32. The van der Waals surface area contributed by atoms with Crippen LogP contribution in [0.15, 0.2) is 12.3 Å². The zero-order valence-electron chi connectivity index (χ0n) is 10.7. The highest BCUT2D eigenvalue weighted by atomic mass is 16.5. The Bertz CT molecular complexity index is 633. The van der Waals surface area contributed by atoms with E-state index in [1.165, 1.54) is 19.3 Å². The summed E-state index contributed by atoms with van der Waals surface area (Å²) in [4.78, 5) is 36.2. The van der Waals surface area contributed by atoms with Crippen molar-refractivity contribution in [2.45, 2.75) is 26.1 Å². The fraction of sp³-hybridized carbons (Fsp3) is 0.333. The number of ketones is 1. The van der Waals surface area contributed by atoms with Gasteiger partial charge in [-0.3, -0.25) is 19.5 Å². The van der Waals surface area contributed by atoms with Gasteiger partial charge in [0.2, 0.25) is 17.8 Å². The van der Waals surface area contributed by atoms with E-state index in [-0.39, 0.29) is 5.91 Å². The molecule has 104 valence electrons. The van der Waals surface area contributed by atoms with Gasteiger partial charge in [0.05, 0.1) is 25.0 Å². The number of carbonyl (C=O) groups is 3. The average Bonchev–Trinajstić information content (AvgIpc) is 3.05. The monoisotopic (exact) mass is 276 g/mol. The van der Waals surface area contributed by atoms with E-state index in [0.717, 1.165) is 11.3 Å². The largest absolute Gasteiger partial charge is 0.480 e. The fourth-order valence-corrected chi connectivity index (χ4v) is 2.18. The van der Waals surface area contributed by atoms with E-state index in [4.69, 9.17) is 4.74 Å². The molecule has 2 N–H and O–H groups in total. The number of fused-ring (bicyclic) bond motifs is 1. The molecule has 0 bridgehead atoms. The highest BCUT2D eigenvalue weighted by Crippen LogP contribution is 2.27. The lowest BCUT2D eigenvalue weighted by molar-refractivity contribution is -0.132. The van der Waals surface area contributed by atoms with E-state index in [9.17, 15) is 14.4 Å². The second-order valence-corrected chi connectivity index (χ2v) is 4.61. The highest BCUT2D eigenvalue weighted by molar-refractivity contribution is 6.14. The fourth-order valence-electron chi connectivity index (χ4n) is 2.18. The van der Waals surface area contributed by atoms with Crippen LogP contribution in [0.5, 0.6) is 0 Å². The number of ether oxygens (including phenoxy) is 1. The van der Waals surface area contributed by atoms with Crippen LogP contribution < -0.4 is 5.32 Å². The van der Waals surface area contributed by atoms with Gasteiger partial charge in [0.15, 0.2) is 5.82 Å². The number of carbonyl (C=O) groups excluding carboxylic acids is 3. The standard InChI is InChI=1S/C12H12N4O4/c1-6(17)16-4-7-8(5-16)14-15-11(7)13-12(19)10-9(18)2-3-20-10/h2-3,10H,4-5H2,1H3,(H2,13,14,15,19). The Morgan fingerprint density at radius 2 is 2.30 bits per heavy atom. The molecule has 0 radical (unpaired) electrons. The Kier molecular flexibility index (Phi) is 2.78. The van der Waals surface area contributed by atoms with Crippen LogP contribution in [0.1, 0.15) is 18.2 Å². The third-order valence-corrected chi connectivity index (χ3v) is 3.28. The number of anilines is 1. The van der Waals surface area contributed by atoms with Crippen LogP contribution in [0.2, 0.25) is 0 Å². The molecule has 1 atom stereocenters. The maximum atomic E-state index is 11.9. The van der Waals surface area contributed by atoms with E-state index < -0.39 is 17.8 Å². The van der Waals surface area contributed by atoms with Crippen molar-refractivity contribution in [1.29, 1.82) is 0 Å². The van der Waals surface area contributed by atoms with Gasteiger partial charge in [0.1, 0.15) is 0 Å². The molecule has 2 aliphatic rings. The summed E-state index contributed by atoms with van der Waals surface area (Å²) < 4.78 is 4.91. The molecule has 0 saturated carbocycles. The molecule has 0 fully saturated rings. The number of aromatic nitrogens is 2. The lowest BCUT2D eigenvalue weighted by atomic mass is 10.2. The van der Waals surface area contributed by atoms with Gasteiger partial charge in [-0.2, -0.15) is 5.10 Å². The Morgan fingerprint density at radius 3 is 2.95 bits per heavy atom. The quantitative estimate of drug-likeness (QED) is 0.721. The molecule has 3 heterocycles. The molecule has 0 aromatic carbocycles. The summed E-state index contributed by atoms with van der Waals surface area (Å²) in [7, 11) is 0. The number of nitrogens with one attached hydrogen (secondary N) is 2. The first kappa shape index (κ1) is 12.4. The predicted octanol–water partition coefficient (Wildman–Crippen LogP) is -0.308. The van der Waals surface area contributed by atoms with Gasteiger partial charge < -0.3 is 15.0 Å². The molecule has 8 nitrogen and oxygen atoms in total. The van der Waals surface area contributed by atoms with Gasteiger partial charge in [0, 0.05) is 18.6 Å². The summed E-state index contributed by atoms with van der Waals surface area (Å²) in [6.45, 7) is 2.30. The number of aromatic amines is 1.